The van der Waals surface area contributed by atoms with Crippen molar-refractivity contribution in [1.29, 1.82) is 0 Å². The van der Waals surface area contributed by atoms with Gasteiger partial charge >= 0.3 is 6.18 Å². The van der Waals surface area contributed by atoms with Gasteiger partial charge in [0.25, 0.3) is 0 Å². The molecule has 0 fully saturated rings. The van der Waals surface area contributed by atoms with Crippen molar-refractivity contribution >= 4 is 11.6 Å². The lowest BCUT2D eigenvalue weighted by Crippen LogP contribution is -2.06. The van der Waals surface area contributed by atoms with Crippen LogP contribution in [0.25, 0.3) is 4.85 Å². The lowest BCUT2D eigenvalue weighted by Gasteiger charge is -2.09. The summed E-state index contributed by atoms with van der Waals surface area (Å²) in [5, 5.41) is -0.315. The van der Waals surface area contributed by atoms with E-state index in [9.17, 15) is 13.2 Å². The monoisotopic (exact) mass is 233 g/mol. The largest absolute Gasteiger partial charge is 0.417 e. The third-order valence-electron chi connectivity index (χ3n) is 1.85. The van der Waals surface area contributed by atoms with Crippen LogP contribution in [0, 0.1) is 6.57 Å². The Balaban J connectivity index is 2.94. The highest BCUT2D eigenvalue weighted by Gasteiger charge is 2.32. The van der Waals surface area contributed by atoms with Gasteiger partial charge < -0.3 is 4.85 Å². The minimum atomic E-state index is -4.42. The van der Waals surface area contributed by atoms with E-state index in [2.05, 4.69) is 4.85 Å². The fraction of sp³-hybridized carbons (Fsp3) is 0.300. The number of hydrogen-bond donors (Lipinski definition) is 0. The lowest BCUT2D eigenvalue weighted by atomic mass is 10.1. The smallest absolute Gasteiger partial charge is 0.317 e. The first-order valence-electron chi connectivity index (χ1n) is 4.14. The molecule has 0 aromatic heterocycles. The van der Waals surface area contributed by atoms with Gasteiger partial charge in [-0.1, -0.05) is 17.7 Å². The molecule has 0 heterocycles. The van der Waals surface area contributed by atoms with Crippen LogP contribution in [0.15, 0.2) is 18.2 Å². The second kappa shape index (κ2) is 4.54. The molecule has 0 radical (unpaired) electrons. The average molecular weight is 234 g/mol. The van der Waals surface area contributed by atoms with E-state index >= 15 is 0 Å². The Morgan fingerprint density at radius 3 is 2.47 bits per heavy atom. The van der Waals surface area contributed by atoms with Crippen LogP contribution in [0.4, 0.5) is 13.2 Å². The van der Waals surface area contributed by atoms with Crippen LogP contribution in [0.2, 0.25) is 5.02 Å². The number of rotatable bonds is 2. The number of halogens is 4. The van der Waals surface area contributed by atoms with Gasteiger partial charge in [-0.05, 0) is 17.7 Å². The predicted molar refractivity (Wildman–Crippen MR) is 51.6 cm³/mol. The Bertz CT molecular complexity index is 393. The zero-order valence-corrected chi connectivity index (χ0v) is 8.36. The molecule has 0 atom stereocenters. The molecule has 1 nitrogen and oxygen atoms in total. The molecular weight excluding hydrogens is 227 g/mol. The number of benzene rings is 1. The van der Waals surface area contributed by atoms with Gasteiger partial charge in [0.2, 0.25) is 6.54 Å². The van der Waals surface area contributed by atoms with Crippen molar-refractivity contribution in [3.8, 4) is 0 Å². The summed E-state index contributed by atoms with van der Waals surface area (Å²) in [4.78, 5) is 3.12. The standard InChI is InChI=1S/C10H7ClF3N/c1-15-5-4-7-2-3-8(9(11)6-7)10(12,13)14/h2-3,6H,4-5H2. The summed E-state index contributed by atoms with van der Waals surface area (Å²) in [6.07, 6.45) is -4.00. The van der Waals surface area contributed by atoms with Crippen LogP contribution in [-0.2, 0) is 12.6 Å². The summed E-state index contributed by atoms with van der Waals surface area (Å²) in [5.74, 6) is 0. The van der Waals surface area contributed by atoms with Gasteiger partial charge in [-0.15, -0.1) is 0 Å². The SMILES string of the molecule is [C-]#[N+]CCc1ccc(C(F)(F)F)c(Cl)c1. The van der Waals surface area contributed by atoms with Gasteiger partial charge in [0.1, 0.15) is 0 Å². The minimum Gasteiger partial charge on any atom is -0.317 e. The molecule has 15 heavy (non-hydrogen) atoms. The summed E-state index contributed by atoms with van der Waals surface area (Å²) in [5.41, 5.74) is -0.195. The zero-order chi connectivity index (χ0) is 11.5. The molecule has 0 spiro atoms. The lowest BCUT2D eigenvalue weighted by molar-refractivity contribution is -0.137. The topological polar surface area (TPSA) is 4.36 Å². The van der Waals surface area contributed by atoms with Crippen LogP contribution in [0.5, 0.6) is 0 Å². The normalized spacial score (nSPS) is 11.1. The highest BCUT2D eigenvalue weighted by atomic mass is 35.5. The molecule has 0 saturated carbocycles. The van der Waals surface area contributed by atoms with E-state index in [1.807, 2.05) is 0 Å². The Morgan fingerprint density at radius 2 is 2.00 bits per heavy atom. The fourth-order valence-corrected chi connectivity index (χ4v) is 1.44. The molecule has 1 rings (SSSR count). The van der Waals surface area contributed by atoms with Crippen LogP contribution < -0.4 is 0 Å². The van der Waals surface area contributed by atoms with Crippen LogP contribution >= 0.6 is 11.6 Å². The molecule has 1 aromatic carbocycles. The molecular formula is C10H7ClF3N. The number of hydrogen-bond acceptors (Lipinski definition) is 0. The molecule has 80 valence electrons. The second-order valence-electron chi connectivity index (χ2n) is 2.94. The van der Waals surface area contributed by atoms with Gasteiger partial charge in [-0.25, -0.2) is 6.57 Å². The molecule has 0 saturated heterocycles. The fourth-order valence-electron chi connectivity index (χ4n) is 1.13. The summed E-state index contributed by atoms with van der Waals surface area (Å²) in [6.45, 7) is 6.81. The minimum absolute atomic E-state index is 0.252. The maximum absolute atomic E-state index is 12.3. The molecule has 5 heteroatoms. The van der Waals surface area contributed by atoms with E-state index in [1.165, 1.54) is 12.1 Å². The Morgan fingerprint density at radius 1 is 1.33 bits per heavy atom. The number of alkyl halides is 3. The molecule has 1 aromatic rings. The van der Waals surface area contributed by atoms with Crippen molar-refractivity contribution in [1.82, 2.24) is 0 Å². The van der Waals surface area contributed by atoms with E-state index < -0.39 is 11.7 Å². The molecule has 0 aliphatic heterocycles. The quantitative estimate of drug-likeness (QED) is 0.684. The highest BCUT2D eigenvalue weighted by Crippen LogP contribution is 2.34. The van der Waals surface area contributed by atoms with Crippen LogP contribution in [0.1, 0.15) is 11.1 Å². The van der Waals surface area contributed by atoms with Crippen molar-refractivity contribution in [3.63, 3.8) is 0 Å². The van der Waals surface area contributed by atoms with Gasteiger partial charge in [0.05, 0.1) is 10.6 Å². The van der Waals surface area contributed by atoms with E-state index in [4.69, 9.17) is 18.2 Å². The Kier molecular flexibility index (Phi) is 3.59. The van der Waals surface area contributed by atoms with Crippen molar-refractivity contribution in [2.24, 2.45) is 0 Å². The number of nitrogens with zero attached hydrogens (tertiary/aromatic N) is 1. The molecule has 0 unspecified atom stereocenters. The van der Waals surface area contributed by atoms with Crippen LogP contribution in [-0.4, -0.2) is 6.54 Å². The predicted octanol–water partition coefficient (Wildman–Crippen LogP) is 3.82. The zero-order valence-electron chi connectivity index (χ0n) is 7.61. The highest BCUT2D eigenvalue weighted by molar-refractivity contribution is 6.31. The van der Waals surface area contributed by atoms with Crippen molar-refractivity contribution in [2.45, 2.75) is 12.6 Å². The second-order valence-corrected chi connectivity index (χ2v) is 3.35. The maximum Gasteiger partial charge on any atom is 0.417 e. The van der Waals surface area contributed by atoms with E-state index in [0.717, 1.165) is 6.07 Å². The van der Waals surface area contributed by atoms with Crippen molar-refractivity contribution < 1.29 is 13.2 Å². The first kappa shape index (κ1) is 11.9. The third kappa shape index (κ3) is 3.14. The summed E-state index contributed by atoms with van der Waals surface area (Å²) in [7, 11) is 0. The first-order valence-corrected chi connectivity index (χ1v) is 4.52. The third-order valence-corrected chi connectivity index (χ3v) is 2.16. The molecule has 0 bridgehead atoms. The first-order chi connectivity index (χ1) is 6.95. The van der Waals surface area contributed by atoms with Crippen molar-refractivity contribution in [3.05, 3.63) is 45.8 Å². The van der Waals surface area contributed by atoms with E-state index in [-0.39, 0.29) is 11.6 Å². The Hall–Kier alpha value is -1.21. The molecule has 0 aliphatic carbocycles. The molecule has 0 aliphatic rings. The molecule has 0 N–H and O–H groups in total. The van der Waals surface area contributed by atoms with Gasteiger partial charge in [-0.2, -0.15) is 13.2 Å². The van der Waals surface area contributed by atoms with Gasteiger partial charge in [-0.3, -0.25) is 0 Å². The molecule has 0 amide bonds. The summed E-state index contributed by atoms with van der Waals surface area (Å²) >= 11 is 5.50. The summed E-state index contributed by atoms with van der Waals surface area (Å²) < 4.78 is 36.9. The van der Waals surface area contributed by atoms with E-state index in [1.54, 1.807) is 0 Å². The average Bonchev–Trinajstić information content (AvgIpc) is 2.12. The van der Waals surface area contributed by atoms with E-state index in [0.29, 0.717) is 12.0 Å². The van der Waals surface area contributed by atoms with Gasteiger partial charge in [0.15, 0.2) is 0 Å². The summed E-state index contributed by atoms with van der Waals surface area (Å²) in [6, 6.07) is 3.55. The van der Waals surface area contributed by atoms with Gasteiger partial charge in [0, 0.05) is 6.42 Å². The maximum atomic E-state index is 12.3. The van der Waals surface area contributed by atoms with Crippen LogP contribution in [0.3, 0.4) is 0 Å². The van der Waals surface area contributed by atoms with Crippen molar-refractivity contribution in [2.75, 3.05) is 6.54 Å². The Labute approximate surface area is 90.3 Å².